The quantitative estimate of drug-likeness (QED) is 0.739. The summed E-state index contributed by atoms with van der Waals surface area (Å²) in [7, 11) is 1.70. The Hall–Kier alpha value is -0.540. The predicted octanol–water partition coefficient (Wildman–Crippen LogP) is 4.56. The van der Waals surface area contributed by atoms with E-state index in [1.165, 1.54) is 18.4 Å². The number of hydrogen-bond acceptors (Lipinski definition) is 2. The van der Waals surface area contributed by atoms with Crippen LogP contribution in [0.4, 0.5) is 0 Å². The van der Waals surface area contributed by atoms with E-state index in [0.717, 1.165) is 29.8 Å². The van der Waals surface area contributed by atoms with Gasteiger partial charge in [0.2, 0.25) is 0 Å². The third kappa shape index (κ3) is 3.96. The summed E-state index contributed by atoms with van der Waals surface area (Å²) in [6.07, 6.45) is 4.91. The van der Waals surface area contributed by atoms with Gasteiger partial charge in [-0.1, -0.05) is 47.8 Å². The fourth-order valence-corrected chi connectivity index (χ4v) is 3.57. The monoisotopic (exact) mass is 326 g/mol. The SMILES string of the molecule is COc1cccc(COC2(CBr)CCCC(C)C2)c1. The fourth-order valence-electron chi connectivity index (χ4n) is 2.90. The van der Waals surface area contributed by atoms with Gasteiger partial charge in [-0.25, -0.2) is 0 Å². The average molecular weight is 327 g/mol. The minimum atomic E-state index is 0.0146. The van der Waals surface area contributed by atoms with Crippen molar-refractivity contribution in [2.75, 3.05) is 12.4 Å². The van der Waals surface area contributed by atoms with Gasteiger partial charge in [-0.05, 0) is 36.5 Å². The first-order valence-corrected chi connectivity index (χ1v) is 8.12. The van der Waals surface area contributed by atoms with Crippen molar-refractivity contribution in [1.29, 1.82) is 0 Å². The van der Waals surface area contributed by atoms with E-state index in [4.69, 9.17) is 9.47 Å². The van der Waals surface area contributed by atoms with E-state index in [2.05, 4.69) is 28.9 Å². The molecule has 0 aliphatic heterocycles. The van der Waals surface area contributed by atoms with Crippen molar-refractivity contribution in [3.63, 3.8) is 0 Å². The summed E-state index contributed by atoms with van der Waals surface area (Å²) in [6.45, 7) is 2.99. The second-order valence-corrected chi connectivity index (χ2v) is 6.22. The molecule has 0 amide bonds. The van der Waals surface area contributed by atoms with Crippen molar-refractivity contribution < 1.29 is 9.47 Å². The summed E-state index contributed by atoms with van der Waals surface area (Å²) in [5.41, 5.74) is 1.19. The minimum Gasteiger partial charge on any atom is -0.497 e. The van der Waals surface area contributed by atoms with Crippen LogP contribution in [0.2, 0.25) is 0 Å². The third-order valence-corrected chi connectivity index (χ3v) is 4.99. The third-order valence-electron chi connectivity index (χ3n) is 3.97. The number of hydrogen-bond donors (Lipinski definition) is 0. The summed E-state index contributed by atoms with van der Waals surface area (Å²) in [5, 5.41) is 0.925. The molecule has 0 bridgehead atoms. The van der Waals surface area contributed by atoms with Crippen molar-refractivity contribution in [2.24, 2.45) is 5.92 Å². The van der Waals surface area contributed by atoms with Crippen LogP contribution in [-0.2, 0) is 11.3 Å². The van der Waals surface area contributed by atoms with Gasteiger partial charge in [-0.2, -0.15) is 0 Å². The van der Waals surface area contributed by atoms with Crippen LogP contribution in [0.5, 0.6) is 5.75 Å². The highest BCUT2D eigenvalue weighted by molar-refractivity contribution is 9.09. The molecular weight excluding hydrogens is 304 g/mol. The van der Waals surface area contributed by atoms with Crippen LogP contribution in [0.25, 0.3) is 0 Å². The van der Waals surface area contributed by atoms with Gasteiger partial charge < -0.3 is 9.47 Å². The Labute approximate surface area is 124 Å². The lowest BCUT2D eigenvalue weighted by atomic mass is 9.80. The van der Waals surface area contributed by atoms with Crippen LogP contribution in [-0.4, -0.2) is 18.0 Å². The summed E-state index contributed by atoms with van der Waals surface area (Å²) < 4.78 is 11.5. The fraction of sp³-hybridized carbons (Fsp3) is 0.625. The van der Waals surface area contributed by atoms with Crippen LogP contribution in [0, 0.1) is 5.92 Å². The van der Waals surface area contributed by atoms with Crippen LogP contribution >= 0.6 is 15.9 Å². The maximum Gasteiger partial charge on any atom is 0.119 e. The summed E-state index contributed by atoms with van der Waals surface area (Å²) in [5.74, 6) is 1.66. The molecule has 3 heteroatoms. The van der Waals surface area contributed by atoms with E-state index in [-0.39, 0.29) is 5.60 Å². The molecule has 1 saturated carbocycles. The number of ether oxygens (including phenoxy) is 2. The number of rotatable bonds is 5. The maximum atomic E-state index is 6.27. The van der Waals surface area contributed by atoms with Gasteiger partial charge >= 0.3 is 0 Å². The standard InChI is InChI=1S/C16H23BrO2/c1-13-5-4-8-16(10-13,12-17)19-11-14-6-3-7-15(9-14)18-2/h3,6-7,9,13H,4-5,8,10-12H2,1-2H3. The second kappa shape index (κ2) is 6.76. The molecule has 2 rings (SSSR count). The Morgan fingerprint density at radius 2 is 2.26 bits per heavy atom. The molecule has 1 fully saturated rings. The summed E-state index contributed by atoms with van der Waals surface area (Å²) >= 11 is 3.65. The zero-order chi connectivity index (χ0) is 13.7. The number of methoxy groups -OCH3 is 1. The van der Waals surface area contributed by atoms with Crippen molar-refractivity contribution in [2.45, 2.75) is 44.8 Å². The molecular formula is C16H23BrO2. The average Bonchev–Trinajstić information content (AvgIpc) is 2.45. The molecule has 19 heavy (non-hydrogen) atoms. The molecule has 2 atom stereocenters. The molecule has 0 spiro atoms. The van der Waals surface area contributed by atoms with Crippen molar-refractivity contribution in [3.8, 4) is 5.75 Å². The lowest BCUT2D eigenvalue weighted by molar-refractivity contribution is -0.0729. The molecule has 0 aromatic heterocycles. The zero-order valence-electron chi connectivity index (χ0n) is 11.8. The lowest BCUT2D eigenvalue weighted by Crippen LogP contribution is -2.39. The summed E-state index contributed by atoms with van der Waals surface area (Å²) in [6, 6.07) is 8.12. The van der Waals surface area contributed by atoms with E-state index in [1.807, 2.05) is 18.2 Å². The smallest absolute Gasteiger partial charge is 0.119 e. The Bertz CT molecular complexity index is 407. The molecule has 0 heterocycles. The lowest BCUT2D eigenvalue weighted by Gasteiger charge is -2.38. The van der Waals surface area contributed by atoms with E-state index in [1.54, 1.807) is 7.11 Å². The highest BCUT2D eigenvalue weighted by Gasteiger charge is 2.34. The number of halogens is 1. The van der Waals surface area contributed by atoms with Crippen LogP contribution in [0.15, 0.2) is 24.3 Å². The molecule has 106 valence electrons. The van der Waals surface area contributed by atoms with E-state index in [9.17, 15) is 0 Å². The minimum absolute atomic E-state index is 0.0146. The molecule has 1 aromatic rings. The van der Waals surface area contributed by atoms with Crippen molar-refractivity contribution >= 4 is 15.9 Å². The van der Waals surface area contributed by atoms with Gasteiger partial charge in [0.15, 0.2) is 0 Å². The topological polar surface area (TPSA) is 18.5 Å². The second-order valence-electron chi connectivity index (χ2n) is 5.66. The van der Waals surface area contributed by atoms with Crippen LogP contribution in [0.1, 0.15) is 38.2 Å². The molecule has 1 aliphatic rings. The molecule has 0 N–H and O–H groups in total. The van der Waals surface area contributed by atoms with E-state index < -0.39 is 0 Å². The van der Waals surface area contributed by atoms with Crippen LogP contribution < -0.4 is 4.74 Å². The van der Waals surface area contributed by atoms with Gasteiger partial charge in [0.25, 0.3) is 0 Å². The molecule has 1 aliphatic carbocycles. The Kier molecular flexibility index (Phi) is 5.28. The van der Waals surface area contributed by atoms with Crippen molar-refractivity contribution in [3.05, 3.63) is 29.8 Å². The van der Waals surface area contributed by atoms with Gasteiger partial charge in [0.1, 0.15) is 5.75 Å². The molecule has 2 unspecified atom stereocenters. The first-order valence-electron chi connectivity index (χ1n) is 7.00. The highest BCUT2D eigenvalue weighted by atomic mass is 79.9. The first kappa shape index (κ1) is 14.9. The molecule has 0 radical (unpaired) electrons. The largest absolute Gasteiger partial charge is 0.497 e. The van der Waals surface area contributed by atoms with Gasteiger partial charge in [-0.3, -0.25) is 0 Å². The van der Waals surface area contributed by atoms with Crippen molar-refractivity contribution in [1.82, 2.24) is 0 Å². The molecule has 1 aromatic carbocycles. The number of alkyl halides is 1. The van der Waals surface area contributed by atoms with Gasteiger partial charge in [0, 0.05) is 5.33 Å². The maximum absolute atomic E-state index is 6.27. The van der Waals surface area contributed by atoms with E-state index >= 15 is 0 Å². The normalized spacial score (nSPS) is 27.2. The Morgan fingerprint density at radius 1 is 1.42 bits per heavy atom. The van der Waals surface area contributed by atoms with Gasteiger partial charge in [-0.15, -0.1) is 0 Å². The van der Waals surface area contributed by atoms with Gasteiger partial charge in [0.05, 0.1) is 19.3 Å². The Balaban J connectivity index is 1.98. The van der Waals surface area contributed by atoms with Crippen LogP contribution in [0.3, 0.4) is 0 Å². The predicted molar refractivity (Wildman–Crippen MR) is 81.9 cm³/mol. The van der Waals surface area contributed by atoms with E-state index in [0.29, 0.717) is 6.61 Å². The molecule has 0 saturated heterocycles. The number of benzene rings is 1. The molecule has 2 nitrogen and oxygen atoms in total. The highest BCUT2D eigenvalue weighted by Crippen LogP contribution is 2.37. The summed E-state index contributed by atoms with van der Waals surface area (Å²) in [4.78, 5) is 0. The Morgan fingerprint density at radius 3 is 2.95 bits per heavy atom. The zero-order valence-corrected chi connectivity index (χ0v) is 13.4. The first-order chi connectivity index (χ1) is 9.17.